The Kier molecular flexibility index (Phi) is 11.2. The van der Waals surface area contributed by atoms with E-state index < -0.39 is 8.80 Å². The molecule has 1 rings (SSSR count). The fourth-order valence-electron chi connectivity index (χ4n) is 3.00. The highest BCUT2D eigenvalue weighted by Gasteiger charge is 2.43. The first-order valence-electron chi connectivity index (χ1n) is 10.4. The van der Waals surface area contributed by atoms with Crippen LogP contribution in [0.25, 0.3) is 0 Å². The summed E-state index contributed by atoms with van der Waals surface area (Å²) in [6.07, 6.45) is 8.64. The Morgan fingerprint density at radius 2 is 1.68 bits per heavy atom. The lowest BCUT2D eigenvalue weighted by Crippen LogP contribution is -2.50. The van der Waals surface area contributed by atoms with Crippen LogP contribution in [-0.4, -0.2) is 45.7 Å². The smallest absolute Gasteiger partial charge is 0.466 e. The van der Waals surface area contributed by atoms with E-state index in [9.17, 15) is 4.79 Å². The summed E-state index contributed by atoms with van der Waals surface area (Å²) in [7, 11) is -2.83. The molecule has 1 unspecified atom stereocenters. The zero-order valence-electron chi connectivity index (χ0n) is 18.4. The molecular formula is C21H39NO5Si. The zero-order valence-corrected chi connectivity index (χ0v) is 19.4. The minimum atomic E-state index is -2.83. The highest BCUT2D eigenvalue weighted by Crippen LogP contribution is 2.24. The Bertz CT molecular complexity index is 504. The van der Waals surface area contributed by atoms with Gasteiger partial charge in [0.25, 0.3) is 0 Å². The van der Waals surface area contributed by atoms with Gasteiger partial charge < -0.3 is 23.7 Å². The largest absolute Gasteiger partial charge is 0.501 e. The third-order valence-corrected chi connectivity index (χ3v) is 7.42. The lowest BCUT2D eigenvalue weighted by molar-refractivity contribution is -0.143. The second kappa shape index (κ2) is 12.5. The molecule has 0 spiro atoms. The molecule has 6 nitrogen and oxygen atoms in total. The van der Waals surface area contributed by atoms with E-state index in [1.165, 1.54) is 0 Å². The summed E-state index contributed by atoms with van der Waals surface area (Å²) < 4.78 is 23.8. The van der Waals surface area contributed by atoms with Gasteiger partial charge in [0.2, 0.25) is 0 Å². The van der Waals surface area contributed by atoms with Crippen molar-refractivity contribution in [2.75, 3.05) is 6.61 Å². The van der Waals surface area contributed by atoms with Crippen LogP contribution >= 0.6 is 0 Å². The molecule has 0 fully saturated rings. The summed E-state index contributed by atoms with van der Waals surface area (Å²) in [4.78, 5) is 12.0. The predicted octanol–water partition coefficient (Wildman–Crippen LogP) is 4.13. The van der Waals surface area contributed by atoms with Crippen LogP contribution in [0.2, 0.25) is 6.04 Å². The van der Waals surface area contributed by atoms with Gasteiger partial charge in [-0.15, -0.1) is 0 Å². The van der Waals surface area contributed by atoms with E-state index in [0.29, 0.717) is 31.9 Å². The minimum absolute atomic E-state index is 0.0108. The summed E-state index contributed by atoms with van der Waals surface area (Å²) in [6, 6.07) is 0.718. The van der Waals surface area contributed by atoms with E-state index in [2.05, 4.69) is 6.08 Å². The number of carbonyl (C=O) groups excluding carboxylic acids is 1. The second-order valence-corrected chi connectivity index (χ2v) is 10.6. The van der Waals surface area contributed by atoms with E-state index >= 15 is 0 Å². The Hall–Kier alpha value is -0.993. The third kappa shape index (κ3) is 10.5. The molecule has 0 bridgehead atoms. The number of carbonyl (C=O) groups is 1. The van der Waals surface area contributed by atoms with Crippen molar-refractivity contribution in [1.82, 2.24) is 0 Å². The molecule has 28 heavy (non-hydrogen) atoms. The van der Waals surface area contributed by atoms with E-state index in [1.54, 1.807) is 0 Å². The van der Waals surface area contributed by atoms with Gasteiger partial charge in [0, 0.05) is 36.8 Å². The molecule has 0 aliphatic heterocycles. The quantitative estimate of drug-likeness (QED) is 0.278. The summed E-state index contributed by atoms with van der Waals surface area (Å²) in [5.74, 6) is -0.184. The van der Waals surface area contributed by atoms with Crippen LogP contribution < -0.4 is 5.73 Å². The van der Waals surface area contributed by atoms with Crippen molar-refractivity contribution in [3.05, 3.63) is 23.8 Å². The van der Waals surface area contributed by atoms with Crippen LogP contribution in [-0.2, 0) is 22.8 Å². The van der Waals surface area contributed by atoms with Crippen molar-refractivity contribution in [1.29, 1.82) is 0 Å². The van der Waals surface area contributed by atoms with Gasteiger partial charge in [-0.25, -0.2) is 0 Å². The van der Waals surface area contributed by atoms with Crippen molar-refractivity contribution >= 4 is 14.8 Å². The fourth-order valence-corrected chi connectivity index (χ4v) is 6.25. The van der Waals surface area contributed by atoms with Crippen molar-refractivity contribution in [2.45, 2.75) is 97.6 Å². The summed E-state index contributed by atoms with van der Waals surface area (Å²) in [5.41, 5.74) is 6.95. The molecule has 0 saturated heterocycles. The molecule has 7 heteroatoms. The number of nitrogens with two attached hydrogens (primary N) is 1. The summed E-state index contributed by atoms with van der Waals surface area (Å²) in [6.45, 7) is 12.2. The van der Waals surface area contributed by atoms with E-state index in [1.807, 2.05) is 53.7 Å². The van der Waals surface area contributed by atoms with Crippen LogP contribution in [0.4, 0.5) is 0 Å². The third-order valence-electron chi connectivity index (χ3n) is 3.96. The molecule has 0 amide bonds. The molecule has 0 aromatic carbocycles. The molecule has 0 radical (unpaired) electrons. The molecule has 0 heterocycles. The number of ether oxygens (including phenoxy) is 1. The highest BCUT2D eigenvalue weighted by atomic mass is 28.4. The van der Waals surface area contributed by atoms with Crippen LogP contribution in [0.1, 0.15) is 67.2 Å². The Morgan fingerprint density at radius 1 is 1.11 bits per heavy atom. The Morgan fingerprint density at radius 3 is 2.14 bits per heavy atom. The van der Waals surface area contributed by atoms with Gasteiger partial charge in [-0.3, -0.25) is 4.79 Å². The first-order valence-corrected chi connectivity index (χ1v) is 12.4. The fraction of sp³-hybridized carbons (Fsp3) is 0.762. The van der Waals surface area contributed by atoms with Gasteiger partial charge in [0.15, 0.2) is 0 Å². The topological polar surface area (TPSA) is 80.0 Å². The Labute approximate surface area is 171 Å². The van der Waals surface area contributed by atoms with Gasteiger partial charge in [0.05, 0.1) is 6.61 Å². The predicted molar refractivity (Wildman–Crippen MR) is 114 cm³/mol. The average Bonchev–Trinajstić information content (AvgIpc) is 2.56. The second-order valence-electron chi connectivity index (χ2n) is 8.04. The maximum absolute atomic E-state index is 12.0. The van der Waals surface area contributed by atoms with Gasteiger partial charge in [-0.1, -0.05) is 23.8 Å². The Balaban J connectivity index is 2.44. The van der Waals surface area contributed by atoms with Gasteiger partial charge >= 0.3 is 14.8 Å². The molecule has 0 aromatic rings. The standard InChI is InChI=1S/C21H39NO5Si/c1-16(2)25-28(26-17(3)4,27-18(5)6)15-7-14-24-21(23)13-10-19-8-11-20(22)12-9-19/h8-9,11,16-18,20H,7,10,12-15,22H2,1-6H3. The van der Waals surface area contributed by atoms with Crippen LogP contribution in [0, 0.1) is 0 Å². The maximum atomic E-state index is 12.0. The summed E-state index contributed by atoms with van der Waals surface area (Å²) >= 11 is 0. The van der Waals surface area contributed by atoms with E-state index in [-0.39, 0.29) is 30.3 Å². The number of esters is 1. The van der Waals surface area contributed by atoms with E-state index in [0.717, 1.165) is 12.0 Å². The number of allylic oxidation sites excluding steroid dienone is 2. The maximum Gasteiger partial charge on any atom is 0.501 e. The highest BCUT2D eigenvalue weighted by molar-refractivity contribution is 6.60. The number of rotatable bonds is 13. The van der Waals surface area contributed by atoms with Crippen molar-refractivity contribution < 1.29 is 22.8 Å². The molecule has 0 aromatic heterocycles. The molecule has 162 valence electrons. The molecule has 1 aliphatic rings. The van der Waals surface area contributed by atoms with Gasteiger partial charge in [-0.2, -0.15) is 0 Å². The van der Waals surface area contributed by atoms with E-state index in [4.69, 9.17) is 23.7 Å². The lowest BCUT2D eigenvalue weighted by Gasteiger charge is -2.34. The van der Waals surface area contributed by atoms with Crippen LogP contribution in [0.3, 0.4) is 0 Å². The first kappa shape index (κ1) is 25.0. The van der Waals surface area contributed by atoms with Crippen molar-refractivity contribution in [2.24, 2.45) is 5.73 Å². The van der Waals surface area contributed by atoms with Crippen molar-refractivity contribution in [3.63, 3.8) is 0 Å². The minimum Gasteiger partial charge on any atom is -0.466 e. The monoisotopic (exact) mass is 413 g/mol. The van der Waals surface area contributed by atoms with Crippen LogP contribution in [0.5, 0.6) is 0 Å². The van der Waals surface area contributed by atoms with Crippen molar-refractivity contribution in [3.8, 4) is 0 Å². The molecule has 2 N–H and O–H groups in total. The van der Waals surface area contributed by atoms with Gasteiger partial charge in [0.1, 0.15) is 0 Å². The lowest BCUT2D eigenvalue weighted by atomic mass is 10.0. The zero-order chi connectivity index (χ0) is 21.2. The molecule has 0 saturated carbocycles. The molecule has 1 aliphatic carbocycles. The number of hydrogen-bond donors (Lipinski definition) is 1. The average molecular weight is 414 g/mol. The normalized spacial score (nSPS) is 17.5. The molecule has 1 atom stereocenters. The SMILES string of the molecule is CC(C)O[Si](CCCOC(=O)CCC1=CCC(N)C=C1)(OC(C)C)OC(C)C. The first-order chi connectivity index (χ1) is 13.1. The van der Waals surface area contributed by atoms with Crippen LogP contribution in [0.15, 0.2) is 23.8 Å². The summed E-state index contributed by atoms with van der Waals surface area (Å²) in [5, 5.41) is 0. The number of hydrogen-bond acceptors (Lipinski definition) is 6. The molecular weight excluding hydrogens is 374 g/mol. The van der Waals surface area contributed by atoms with Gasteiger partial charge in [-0.05, 0) is 60.8 Å².